The fourth-order valence-electron chi connectivity index (χ4n) is 1.65. The van der Waals surface area contributed by atoms with Crippen LogP contribution in [0.1, 0.15) is 39.0 Å². The van der Waals surface area contributed by atoms with Gasteiger partial charge in [-0.3, -0.25) is 0 Å². The fourth-order valence-corrected chi connectivity index (χ4v) is 1.65. The number of carboxylic acids is 1. The number of hydrogen-bond acceptors (Lipinski definition) is 2. The van der Waals surface area contributed by atoms with Crippen LogP contribution in [0.15, 0.2) is 30.3 Å². The van der Waals surface area contributed by atoms with Crippen molar-refractivity contribution in [2.24, 2.45) is 0 Å². The van der Waals surface area contributed by atoms with E-state index in [-0.39, 0.29) is 0 Å². The highest BCUT2D eigenvalue weighted by Gasteiger charge is 2.18. The van der Waals surface area contributed by atoms with Gasteiger partial charge in [-0.05, 0) is 25.0 Å². The van der Waals surface area contributed by atoms with E-state index in [1.54, 1.807) is 12.1 Å². The first-order chi connectivity index (χ1) is 8.24. The van der Waals surface area contributed by atoms with Crippen molar-refractivity contribution in [1.82, 2.24) is 0 Å². The molecule has 0 aliphatic carbocycles. The molecule has 0 unspecified atom stereocenters. The summed E-state index contributed by atoms with van der Waals surface area (Å²) in [6.07, 6.45) is 4.11. The molecule has 0 aliphatic heterocycles. The predicted molar refractivity (Wildman–Crippen MR) is 67.3 cm³/mol. The summed E-state index contributed by atoms with van der Waals surface area (Å²) in [5, 5.41) is 9.07. The van der Waals surface area contributed by atoms with Crippen molar-refractivity contribution in [2.45, 2.75) is 45.1 Å². The molecule has 3 nitrogen and oxygen atoms in total. The first-order valence-corrected chi connectivity index (χ1v) is 6.18. The van der Waals surface area contributed by atoms with Crippen LogP contribution in [0.4, 0.5) is 0 Å². The monoisotopic (exact) mass is 236 g/mol. The zero-order valence-electron chi connectivity index (χ0n) is 10.3. The molecule has 94 valence electrons. The maximum absolute atomic E-state index is 11.0. The molecule has 1 aromatic rings. The normalized spacial score (nSPS) is 12.1. The molecule has 0 spiro atoms. The molecule has 17 heavy (non-hydrogen) atoms. The van der Waals surface area contributed by atoms with Crippen molar-refractivity contribution >= 4 is 5.97 Å². The Balaban J connectivity index is 2.41. The second kappa shape index (κ2) is 7.71. The highest BCUT2D eigenvalue weighted by molar-refractivity contribution is 5.72. The van der Waals surface area contributed by atoms with E-state index < -0.39 is 12.1 Å². The third-order valence-electron chi connectivity index (χ3n) is 2.62. The minimum atomic E-state index is -0.884. The molecule has 0 amide bonds. The Kier molecular flexibility index (Phi) is 6.15. The van der Waals surface area contributed by atoms with E-state index in [0.29, 0.717) is 12.2 Å². The molecule has 0 aromatic heterocycles. The van der Waals surface area contributed by atoms with Crippen molar-refractivity contribution in [3.63, 3.8) is 0 Å². The van der Waals surface area contributed by atoms with Crippen LogP contribution in [0.2, 0.25) is 0 Å². The quantitative estimate of drug-likeness (QED) is 0.703. The number of unbranched alkanes of at least 4 members (excludes halogenated alkanes) is 3. The summed E-state index contributed by atoms with van der Waals surface area (Å²) in [4.78, 5) is 11.0. The highest BCUT2D eigenvalue weighted by atomic mass is 16.5. The average molecular weight is 236 g/mol. The van der Waals surface area contributed by atoms with E-state index in [1.807, 2.05) is 18.2 Å². The number of ether oxygens (including phenoxy) is 1. The summed E-state index contributed by atoms with van der Waals surface area (Å²) in [5.41, 5.74) is 0. The molecule has 0 fully saturated rings. The van der Waals surface area contributed by atoms with Crippen LogP contribution in [0, 0.1) is 0 Å². The van der Waals surface area contributed by atoms with Crippen molar-refractivity contribution in [1.29, 1.82) is 0 Å². The number of para-hydroxylation sites is 1. The first kappa shape index (κ1) is 13.6. The molecule has 0 heterocycles. The minimum Gasteiger partial charge on any atom is -0.479 e. The maximum atomic E-state index is 11.0. The van der Waals surface area contributed by atoms with Crippen molar-refractivity contribution in [2.75, 3.05) is 0 Å². The molecule has 0 aliphatic rings. The summed E-state index contributed by atoms with van der Waals surface area (Å²) in [6.45, 7) is 2.13. The topological polar surface area (TPSA) is 46.5 Å². The van der Waals surface area contributed by atoms with Crippen LogP contribution in [-0.2, 0) is 4.79 Å². The third-order valence-corrected chi connectivity index (χ3v) is 2.62. The number of aliphatic carboxylic acids is 1. The third kappa shape index (κ3) is 5.38. The van der Waals surface area contributed by atoms with Crippen molar-refractivity contribution in [3.05, 3.63) is 30.3 Å². The number of rotatable bonds is 8. The van der Waals surface area contributed by atoms with Crippen LogP contribution >= 0.6 is 0 Å². The molecule has 3 heteroatoms. The van der Waals surface area contributed by atoms with Gasteiger partial charge in [-0.15, -0.1) is 0 Å². The Bertz CT molecular complexity index is 321. The molecule has 1 N–H and O–H groups in total. The predicted octanol–water partition coefficient (Wildman–Crippen LogP) is 3.49. The van der Waals surface area contributed by atoms with Crippen LogP contribution < -0.4 is 4.74 Å². The van der Waals surface area contributed by atoms with Gasteiger partial charge < -0.3 is 9.84 Å². The van der Waals surface area contributed by atoms with Gasteiger partial charge in [0, 0.05) is 0 Å². The molecule has 0 saturated heterocycles. The molecule has 0 radical (unpaired) electrons. The first-order valence-electron chi connectivity index (χ1n) is 6.18. The van der Waals surface area contributed by atoms with Crippen LogP contribution in [0.25, 0.3) is 0 Å². The van der Waals surface area contributed by atoms with Gasteiger partial charge in [0.15, 0.2) is 6.10 Å². The lowest BCUT2D eigenvalue weighted by atomic mass is 10.1. The van der Waals surface area contributed by atoms with Gasteiger partial charge in [-0.25, -0.2) is 4.79 Å². The summed E-state index contributed by atoms with van der Waals surface area (Å²) < 4.78 is 5.46. The van der Waals surface area contributed by atoms with Crippen LogP contribution in [-0.4, -0.2) is 17.2 Å². The molecule has 1 rings (SSSR count). The second-order valence-electron chi connectivity index (χ2n) is 4.11. The Hall–Kier alpha value is -1.51. The summed E-state index contributed by atoms with van der Waals surface area (Å²) in [7, 11) is 0. The Morgan fingerprint density at radius 2 is 1.94 bits per heavy atom. The molecule has 0 bridgehead atoms. The van der Waals surface area contributed by atoms with E-state index >= 15 is 0 Å². The summed E-state index contributed by atoms with van der Waals surface area (Å²) >= 11 is 0. The van der Waals surface area contributed by atoms with Crippen molar-refractivity contribution < 1.29 is 14.6 Å². The SMILES string of the molecule is CCCCCC[C@H](Oc1ccccc1)C(=O)O. The number of hydrogen-bond donors (Lipinski definition) is 1. The van der Waals surface area contributed by atoms with Gasteiger partial charge in [-0.2, -0.15) is 0 Å². The van der Waals surface area contributed by atoms with Crippen molar-refractivity contribution in [3.8, 4) is 5.75 Å². The fraction of sp³-hybridized carbons (Fsp3) is 0.500. The largest absolute Gasteiger partial charge is 0.479 e. The number of carbonyl (C=O) groups is 1. The smallest absolute Gasteiger partial charge is 0.344 e. The maximum Gasteiger partial charge on any atom is 0.344 e. The van der Waals surface area contributed by atoms with E-state index in [9.17, 15) is 4.79 Å². The zero-order chi connectivity index (χ0) is 12.5. The average Bonchev–Trinajstić information content (AvgIpc) is 2.34. The number of benzene rings is 1. The lowest BCUT2D eigenvalue weighted by Crippen LogP contribution is -2.26. The Morgan fingerprint density at radius 1 is 1.24 bits per heavy atom. The second-order valence-corrected chi connectivity index (χ2v) is 4.11. The molecule has 1 atom stereocenters. The lowest BCUT2D eigenvalue weighted by molar-refractivity contribution is -0.145. The molecule has 1 aromatic carbocycles. The van der Waals surface area contributed by atoms with Crippen LogP contribution in [0.5, 0.6) is 5.75 Å². The zero-order valence-corrected chi connectivity index (χ0v) is 10.3. The van der Waals surface area contributed by atoms with Gasteiger partial charge in [-0.1, -0.05) is 44.4 Å². The summed E-state index contributed by atoms with van der Waals surface area (Å²) in [5.74, 6) is -0.263. The van der Waals surface area contributed by atoms with E-state index in [4.69, 9.17) is 9.84 Å². The molecular weight excluding hydrogens is 216 g/mol. The van der Waals surface area contributed by atoms with Gasteiger partial charge >= 0.3 is 5.97 Å². The van der Waals surface area contributed by atoms with Gasteiger partial charge in [0.1, 0.15) is 5.75 Å². The molecule has 0 saturated carbocycles. The van der Waals surface area contributed by atoms with E-state index in [0.717, 1.165) is 25.7 Å². The highest BCUT2D eigenvalue weighted by Crippen LogP contribution is 2.15. The van der Waals surface area contributed by atoms with Gasteiger partial charge in [0.2, 0.25) is 0 Å². The standard InChI is InChI=1S/C14H20O3/c1-2-3-4-8-11-13(14(15)16)17-12-9-6-5-7-10-12/h5-7,9-10,13H,2-4,8,11H2,1H3,(H,15,16)/t13-/m0/s1. The summed E-state index contributed by atoms with van der Waals surface area (Å²) in [6, 6.07) is 9.12. The van der Waals surface area contributed by atoms with Gasteiger partial charge in [0.05, 0.1) is 0 Å². The minimum absolute atomic E-state index is 0.574. The van der Waals surface area contributed by atoms with E-state index in [1.165, 1.54) is 0 Å². The number of carboxylic acid groups (broad SMARTS) is 1. The van der Waals surface area contributed by atoms with E-state index in [2.05, 4.69) is 6.92 Å². The molecular formula is C14H20O3. The Labute approximate surface area is 102 Å². The Morgan fingerprint density at radius 3 is 2.53 bits per heavy atom. The van der Waals surface area contributed by atoms with Crippen LogP contribution in [0.3, 0.4) is 0 Å². The lowest BCUT2D eigenvalue weighted by Gasteiger charge is -2.14. The van der Waals surface area contributed by atoms with Gasteiger partial charge in [0.25, 0.3) is 0 Å².